The van der Waals surface area contributed by atoms with Gasteiger partial charge in [-0.05, 0) is 160 Å². The van der Waals surface area contributed by atoms with Crippen LogP contribution in [0.4, 0.5) is 17.1 Å². The van der Waals surface area contributed by atoms with E-state index in [1.807, 2.05) is 75.0 Å². The summed E-state index contributed by atoms with van der Waals surface area (Å²) >= 11 is 3.66. The van der Waals surface area contributed by atoms with Gasteiger partial charge in [-0.2, -0.15) is 0 Å². The van der Waals surface area contributed by atoms with Gasteiger partial charge in [0.1, 0.15) is 0 Å². The van der Waals surface area contributed by atoms with Crippen LogP contribution in [-0.4, -0.2) is 8.97 Å². The van der Waals surface area contributed by atoms with Crippen molar-refractivity contribution in [3.8, 4) is 39.1 Å². The number of rotatable bonds is 7. The summed E-state index contributed by atoms with van der Waals surface area (Å²) in [5.74, 6) is 0. The molecule has 0 radical (unpaired) electrons. The first kappa shape index (κ1) is 46.0. The molecule has 0 saturated carbocycles. The van der Waals surface area contributed by atoms with E-state index in [9.17, 15) is 9.59 Å². The van der Waals surface area contributed by atoms with Crippen LogP contribution in [0.3, 0.4) is 0 Å². The van der Waals surface area contributed by atoms with Crippen molar-refractivity contribution >= 4 is 135 Å². The van der Waals surface area contributed by atoms with E-state index < -0.39 is 0 Å². The summed E-state index contributed by atoms with van der Waals surface area (Å²) < 4.78 is 8.91. The molecule has 0 N–H and O–H groups in total. The molecule has 81 heavy (non-hydrogen) atoms. The second-order valence-electron chi connectivity index (χ2n) is 21.5. The summed E-state index contributed by atoms with van der Waals surface area (Å²) in [7, 11) is 0. The van der Waals surface area contributed by atoms with Gasteiger partial charge in [0.05, 0.1) is 33.6 Å². The molecule has 5 nitrogen and oxygen atoms in total. The van der Waals surface area contributed by atoms with Crippen molar-refractivity contribution < 1.29 is 0 Å². The normalized spacial score (nSPS) is 12.6. The highest BCUT2D eigenvalue weighted by atomic mass is 32.1. The summed E-state index contributed by atoms with van der Waals surface area (Å²) in [6.07, 6.45) is 5.08. The molecule has 1 aliphatic heterocycles. The van der Waals surface area contributed by atoms with Crippen molar-refractivity contribution in [3.63, 3.8) is 0 Å². The third kappa shape index (κ3) is 6.89. The minimum Gasteiger partial charge on any atom is -0.306 e. The molecule has 380 valence electrons. The van der Waals surface area contributed by atoms with Gasteiger partial charge < -0.3 is 4.90 Å². The molecule has 0 fully saturated rings. The van der Waals surface area contributed by atoms with Gasteiger partial charge in [0.25, 0.3) is 11.1 Å². The van der Waals surface area contributed by atoms with Gasteiger partial charge in [-0.1, -0.05) is 146 Å². The van der Waals surface area contributed by atoms with Gasteiger partial charge in [-0.25, -0.2) is 0 Å². The molecular formula is C74H45N3O2S2. The maximum absolute atomic E-state index is 14.6. The second-order valence-corrected chi connectivity index (χ2v) is 23.7. The number of fused-ring (bicyclic) bond motifs is 13. The monoisotopic (exact) mass is 1070 g/mol. The molecule has 7 heteroatoms. The van der Waals surface area contributed by atoms with Gasteiger partial charge in [0.15, 0.2) is 0 Å². The number of hydrogen-bond donors (Lipinski definition) is 0. The Kier molecular flexibility index (Phi) is 9.97. The number of anilines is 3. The molecule has 0 aliphatic carbocycles. The van der Waals surface area contributed by atoms with E-state index in [0.29, 0.717) is 11.8 Å². The lowest BCUT2D eigenvalue weighted by Crippen LogP contribution is -2.28. The molecule has 0 spiro atoms. The Labute approximate surface area is 472 Å². The van der Waals surface area contributed by atoms with Crippen molar-refractivity contribution in [2.24, 2.45) is 0 Å². The number of para-hydroxylation sites is 3. The minimum atomic E-state index is -0.00997. The lowest BCUT2D eigenvalue weighted by Gasteiger charge is -2.34. The van der Waals surface area contributed by atoms with E-state index in [2.05, 4.69) is 211 Å². The van der Waals surface area contributed by atoms with Crippen LogP contribution in [0, 0.1) is 6.92 Å². The molecule has 11 aromatic carbocycles. The lowest BCUT2D eigenvalue weighted by molar-refractivity contribution is 0.991. The van der Waals surface area contributed by atoms with Crippen LogP contribution in [0.1, 0.15) is 16.7 Å². The standard InChI is InChI=1S/C74H45N3O2S2/c1-43-52(56-20-12-23-66-72(56)77(73(43)78)65-22-9-8-21-64(65)75(66)51-31-26-46(27-32-51)45-14-3-2-4-15-45)19-11-13-44-25-33-55-60-40-49(30-36-69(60)81-70(55)37-44)50-41-61-53-16-5-6-18-57(53)74(79)76-63-34-28-47(38-58(63)62(42-50)71(61)76)48-29-35-68-59(39-48)54-17-7-10-24-67(54)80-68/h2-12,14-42H,13H2,1H3/b19-11-. The number of nitrogens with zero attached hydrogens (tertiary/aromatic N) is 3. The van der Waals surface area contributed by atoms with E-state index in [1.165, 1.54) is 51.5 Å². The Balaban J connectivity index is 0.730. The summed E-state index contributed by atoms with van der Waals surface area (Å²) in [5, 5.41) is 10.9. The summed E-state index contributed by atoms with van der Waals surface area (Å²) in [4.78, 5) is 31.4. The largest absolute Gasteiger partial charge is 0.306 e. The van der Waals surface area contributed by atoms with Gasteiger partial charge in [-0.15, -0.1) is 22.7 Å². The van der Waals surface area contributed by atoms with Crippen molar-refractivity contribution in [1.82, 2.24) is 8.97 Å². The first-order chi connectivity index (χ1) is 39.9. The maximum atomic E-state index is 14.6. The molecule has 1 aliphatic rings. The Bertz CT molecular complexity index is 5510. The SMILES string of the molecule is Cc1c(/C=C\Cc2ccc3c(c2)sc2ccc(-c4cc5c6ccccc6c(=O)n6c7ccc(-c8ccc9sc%10ccccc%10c9c8)cc7c(c4)c56)cc23)c2cccc3c2n(c1=O)-c1ccccc1N3c1ccc(-c2ccccc2)cc1. The summed E-state index contributed by atoms with van der Waals surface area (Å²) in [6, 6.07) is 82.2. The highest BCUT2D eigenvalue weighted by molar-refractivity contribution is 7.26. The fourth-order valence-electron chi connectivity index (χ4n) is 13.2. The molecule has 0 atom stereocenters. The smallest absolute Gasteiger partial charge is 0.263 e. The van der Waals surface area contributed by atoms with E-state index >= 15 is 0 Å². The van der Waals surface area contributed by atoms with Crippen LogP contribution in [0.2, 0.25) is 0 Å². The Hall–Kier alpha value is -9.92. The molecule has 5 aromatic heterocycles. The van der Waals surface area contributed by atoms with Crippen LogP contribution in [-0.2, 0) is 6.42 Å². The van der Waals surface area contributed by atoms with Crippen molar-refractivity contribution in [2.45, 2.75) is 13.3 Å². The zero-order valence-corrected chi connectivity index (χ0v) is 45.4. The zero-order chi connectivity index (χ0) is 53.6. The van der Waals surface area contributed by atoms with Gasteiger partial charge in [0, 0.05) is 78.5 Å². The average Bonchev–Trinajstić information content (AvgIpc) is 4.16. The Morgan fingerprint density at radius 3 is 1.74 bits per heavy atom. The lowest BCUT2D eigenvalue weighted by atomic mass is 9.96. The zero-order valence-electron chi connectivity index (χ0n) is 43.8. The Morgan fingerprint density at radius 1 is 0.383 bits per heavy atom. The quantitative estimate of drug-likeness (QED) is 0.149. The highest BCUT2D eigenvalue weighted by Gasteiger charge is 2.29. The van der Waals surface area contributed by atoms with Crippen molar-refractivity contribution in [3.05, 3.63) is 274 Å². The molecule has 0 unspecified atom stereocenters. The van der Waals surface area contributed by atoms with E-state index in [1.54, 1.807) is 0 Å². The fraction of sp³-hybridized carbons (Fsp3) is 0.0270. The second kappa shape index (κ2) is 17.5. The number of allylic oxidation sites excluding steroid dienone is 1. The van der Waals surface area contributed by atoms with Crippen LogP contribution in [0.25, 0.3) is 134 Å². The fourth-order valence-corrected chi connectivity index (χ4v) is 15.4. The third-order valence-electron chi connectivity index (χ3n) is 17.0. The summed E-state index contributed by atoms with van der Waals surface area (Å²) in [6.45, 7) is 1.96. The van der Waals surface area contributed by atoms with Gasteiger partial charge >= 0.3 is 0 Å². The van der Waals surface area contributed by atoms with Crippen LogP contribution < -0.4 is 16.0 Å². The van der Waals surface area contributed by atoms with E-state index in [0.717, 1.165) is 105 Å². The number of hydrogen-bond acceptors (Lipinski definition) is 5. The molecule has 0 bridgehead atoms. The summed E-state index contributed by atoms with van der Waals surface area (Å²) in [5.41, 5.74) is 16.4. The van der Waals surface area contributed by atoms with Gasteiger partial charge in [0.2, 0.25) is 0 Å². The van der Waals surface area contributed by atoms with E-state index in [4.69, 9.17) is 0 Å². The maximum Gasteiger partial charge on any atom is 0.263 e. The van der Waals surface area contributed by atoms with Crippen LogP contribution in [0.5, 0.6) is 0 Å². The van der Waals surface area contributed by atoms with Crippen LogP contribution in [0.15, 0.2) is 246 Å². The predicted octanol–water partition coefficient (Wildman–Crippen LogP) is 19.6. The van der Waals surface area contributed by atoms with Crippen LogP contribution >= 0.6 is 22.7 Å². The molecule has 0 saturated heterocycles. The minimum absolute atomic E-state index is 0.00784. The number of thiophene rings is 2. The number of aromatic nitrogens is 2. The molecule has 17 rings (SSSR count). The van der Waals surface area contributed by atoms with Crippen molar-refractivity contribution in [2.75, 3.05) is 4.90 Å². The van der Waals surface area contributed by atoms with Crippen molar-refractivity contribution in [1.29, 1.82) is 0 Å². The topological polar surface area (TPSA) is 46.7 Å². The van der Waals surface area contributed by atoms with E-state index in [-0.39, 0.29) is 11.1 Å². The third-order valence-corrected chi connectivity index (χ3v) is 19.3. The average molecular weight is 1070 g/mol. The number of benzene rings is 11. The molecular weight excluding hydrogens is 1030 g/mol. The molecule has 16 aromatic rings. The first-order valence-electron chi connectivity index (χ1n) is 27.4. The number of pyridine rings is 2. The van der Waals surface area contributed by atoms with Gasteiger partial charge in [-0.3, -0.25) is 18.6 Å². The highest BCUT2D eigenvalue weighted by Crippen LogP contribution is 2.48. The predicted molar refractivity (Wildman–Crippen MR) is 345 cm³/mol. The first-order valence-corrected chi connectivity index (χ1v) is 29.1. The molecule has 6 heterocycles. The Morgan fingerprint density at radius 2 is 0.951 bits per heavy atom. The molecule has 0 amide bonds.